The van der Waals surface area contributed by atoms with E-state index in [4.69, 9.17) is 0 Å². The van der Waals surface area contributed by atoms with Crippen LogP contribution in [0.25, 0.3) is 0 Å². The summed E-state index contributed by atoms with van der Waals surface area (Å²) in [5, 5.41) is 0. The van der Waals surface area contributed by atoms with E-state index in [0.29, 0.717) is 23.5 Å². The normalized spacial score (nSPS) is 26.2. The fourth-order valence-corrected chi connectivity index (χ4v) is 2.65. The summed E-state index contributed by atoms with van der Waals surface area (Å²) in [5.41, 5.74) is 1.34. The molecule has 1 aliphatic rings. The van der Waals surface area contributed by atoms with Crippen LogP contribution >= 0.6 is 0 Å². The molecule has 0 aromatic heterocycles. The Morgan fingerprint density at radius 3 is 2.40 bits per heavy atom. The lowest BCUT2D eigenvalue weighted by molar-refractivity contribution is -0.117. The molecule has 0 N–H and O–H groups in total. The fraction of sp³-hybridized carbons (Fsp3) is 0.500. The van der Waals surface area contributed by atoms with Crippen molar-refractivity contribution in [3.05, 3.63) is 35.9 Å². The molecule has 2 rings (SSSR count). The SMILES string of the molecule is CC(C)[C@H]1CC(=O)C[C@@H]1c1ccccc1. The molecule has 1 aromatic rings. The van der Waals surface area contributed by atoms with Gasteiger partial charge in [0.2, 0.25) is 0 Å². The van der Waals surface area contributed by atoms with Crippen molar-refractivity contribution in [1.29, 1.82) is 0 Å². The zero-order chi connectivity index (χ0) is 10.8. The van der Waals surface area contributed by atoms with Gasteiger partial charge in [0.25, 0.3) is 0 Å². The Balaban J connectivity index is 2.24. The van der Waals surface area contributed by atoms with Gasteiger partial charge in [-0.15, -0.1) is 0 Å². The van der Waals surface area contributed by atoms with Crippen LogP contribution in [-0.4, -0.2) is 5.78 Å². The fourth-order valence-electron chi connectivity index (χ4n) is 2.65. The number of carbonyl (C=O) groups is 1. The van der Waals surface area contributed by atoms with Crippen LogP contribution < -0.4 is 0 Å². The number of carbonyl (C=O) groups excluding carboxylic acids is 1. The van der Waals surface area contributed by atoms with Gasteiger partial charge in [-0.05, 0) is 23.3 Å². The average Bonchev–Trinajstić information content (AvgIpc) is 2.62. The maximum absolute atomic E-state index is 11.5. The molecule has 1 aromatic carbocycles. The van der Waals surface area contributed by atoms with E-state index in [2.05, 4.69) is 38.1 Å². The number of ketones is 1. The molecule has 1 aliphatic carbocycles. The predicted molar refractivity (Wildman–Crippen MR) is 61.8 cm³/mol. The van der Waals surface area contributed by atoms with E-state index in [0.717, 1.165) is 12.8 Å². The van der Waals surface area contributed by atoms with Crippen molar-refractivity contribution in [2.24, 2.45) is 11.8 Å². The highest BCUT2D eigenvalue weighted by molar-refractivity contribution is 5.82. The van der Waals surface area contributed by atoms with E-state index in [-0.39, 0.29) is 0 Å². The maximum Gasteiger partial charge on any atom is 0.133 e. The van der Waals surface area contributed by atoms with Crippen molar-refractivity contribution in [1.82, 2.24) is 0 Å². The highest BCUT2D eigenvalue weighted by Gasteiger charge is 2.35. The molecule has 0 unspecified atom stereocenters. The lowest BCUT2D eigenvalue weighted by atomic mass is 9.82. The summed E-state index contributed by atoms with van der Waals surface area (Å²) in [6, 6.07) is 10.5. The van der Waals surface area contributed by atoms with Gasteiger partial charge in [0.15, 0.2) is 0 Å². The maximum atomic E-state index is 11.5. The molecule has 2 atom stereocenters. The highest BCUT2D eigenvalue weighted by Crippen LogP contribution is 2.41. The number of rotatable bonds is 2. The van der Waals surface area contributed by atoms with Crippen LogP contribution in [0, 0.1) is 11.8 Å². The monoisotopic (exact) mass is 202 g/mol. The molecule has 0 saturated heterocycles. The average molecular weight is 202 g/mol. The number of hydrogen-bond donors (Lipinski definition) is 0. The molecule has 1 heteroatoms. The van der Waals surface area contributed by atoms with Gasteiger partial charge in [-0.2, -0.15) is 0 Å². The molecular formula is C14H18O. The standard InChI is InChI=1S/C14H18O/c1-10(2)13-8-12(15)9-14(13)11-6-4-3-5-7-11/h3-7,10,13-14H,8-9H2,1-2H3/t13-,14-/m1/s1. The second-order valence-electron chi connectivity index (χ2n) is 4.87. The molecule has 0 heterocycles. The Hall–Kier alpha value is -1.11. The van der Waals surface area contributed by atoms with Gasteiger partial charge in [0, 0.05) is 12.8 Å². The second-order valence-corrected chi connectivity index (χ2v) is 4.87. The zero-order valence-corrected chi connectivity index (χ0v) is 9.44. The minimum absolute atomic E-state index is 0.433. The third kappa shape index (κ3) is 2.11. The molecular weight excluding hydrogens is 184 g/mol. The lowest BCUT2D eigenvalue weighted by Crippen LogP contribution is -2.12. The first-order chi connectivity index (χ1) is 7.18. The van der Waals surface area contributed by atoms with Crippen molar-refractivity contribution in [2.45, 2.75) is 32.6 Å². The molecule has 0 spiro atoms. The molecule has 1 nitrogen and oxygen atoms in total. The molecule has 1 fully saturated rings. The van der Waals surface area contributed by atoms with Crippen molar-refractivity contribution >= 4 is 5.78 Å². The summed E-state index contributed by atoms with van der Waals surface area (Å²) in [7, 11) is 0. The topological polar surface area (TPSA) is 17.1 Å². The van der Waals surface area contributed by atoms with Crippen molar-refractivity contribution < 1.29 is 4.79 Å². The van der Waals surface area contributed by atoms with Gasteiger partial charge in [0.05, 0.1) is 0 Å². The first kappa shape index (κ1) is 10.4. The third-order valence-electron chi connectivity index (χ3n) is 3.51. The molecule has 0 radical (unpaired) electrons. The van der Waals surface area contributed by atoms with E-state index < -0.39 is 0 Å². The Kier molecular flexibility index (Phi) is 2.90. The zero-order valence-electron chi connectivity index (χ0n) is 9.44. The quantitative estimate of drug-likeness (QED) is 0.718. The first-order valence-corrected chi connectivity index (χ1v) is 5.75. The first-order valence-electron chi connectivity index (χ1n) is 5.75. The van der Waals surface area contributed by atoms with E-state index in [1.165, 1.54) is 5.56 Å². The van der Waals surface area contributed by atoms with Crippen LogP contribution in [0.5, 0.6) is 0 Å². The van der Waals surface area contributed by atoms with Gasteiger partial charge in [-0.25, -0.2) is 0 Å². The van der Waals surface area contributed by atoms with Crippen molar-refractivity contribution in [2.75, 3.05) is 0 Å². The van der Waals surface area contributed by atoms with Crippen LogP contribution in [0.4, 0.5) is 0 Å². The van der Waals surface area contributed by atoms with Gasteiger partial charge >= 0.3 is 0 Å². The largest absolute Gasteiger partial charge is 0.300 e. The van der Waals surface area contributed by atoms with Gasteiger partial charge in [0.1, 0.15) is 5.78 Å². The minimum atomic E-state index is 0.433. The number of hydrogen-bond acceptors (Lipinski definition) is 1. The Bertz CT molecular complexity index is 340. The van der Waals surface area contributed by atoms with Crippen LogP contribution in [0.2, 0.25) is 0 Å². The summed E-state index contributed by atoms with van der Waals surface area (Å²) in [6.45, 7) is 4.44. The summed E-state index contributed by atoms with van der Waals surface area (Å²) >= 11 is 0. The number of benzene rings is 1. The Morgan fingerprint density at radius 2 is 1.80 bits per heavy atom. The van der Waals surface area contributed by atoms with E-state index >= 15 is 0 Å². The molecule has 15 heavy (non-hydrogen) atoms. The van der Waals surface area contributed by atoms with Gasteiger partial charge < -0.3 is 0 Å². The van der Waals surface area contributed by atoms with Crippen LogP contribution in [0.3, 0.4) is 0 Å². The van der Waals surface area contributed by atoms with Crippen LogP contribution in [-0.2, 0) is 4.79 Å². The molecule has 0 bridgehead atoms. The Labute approximate surface area is 91.5 Å². The summed E-state index contributed by atoms with van der Waals surface area (Å²) < 4.78 is 0. The summed E-state index contributed by atoms with van der Waals surface area (Å²) in [6.07, 6.45) is 1.52. The molecule has 0 aliphatic heterocycles. The van der Waals surface area contributed by atoms with E-state index in [1.807, 2.05) is 6.07 Å². The predicted octanol–water partition coefficient (Wildman–Crippen LogP) is 3.41. The molecule has 80 valence electrons. The number of Topliss-reactive ketones (excluding diaryl/α,β-unsaturated/α-hetero) is 1. The van der Waals surface area contributed by atoms with Crippen LogP contribution in [0.1, 0.15) is 38.2 Å². The summed E-state index contributed by atoms with van der Waals surface area (Å²) in [5.74, 6) is 2.03. The minimum Gasteiger partial charge on any atom is -0.300 e. The van der Waals surface area contributed by atoms with Crippen molar-refractivity contribution in [3.63, 3.8) is 0 Å². The smallest absolute Gasteiger partial charge is 0.133 e. The molecule has 1 saturated carbocycles. The van der Waals surface area contributed by atoms with Crippen molar-refractivity contribution in [3.8, 4) is 0 Å². The molecule has 0 amide bonds. The van der Waals surface area contributed by atoms with Crippen LogP contribution in [0.15, 0.2) is 30.3 Å². The third-order valence-corrected chi connectivity index (χ3v) is 3.51. The van der Waals surface area contributed by atoms with E-state index in [9.17, 15) is 4.79 Å². The highest BCUT2D eigenvalue weighted by atomic mass is 16.1. The van der Waals surface area contributed by atoms with E-state index in [1.54, 1.807) is 0 Å². The second kappa shape index (κ2) is 4.18. The van der Waals surface area contributed by atoms with Gasteiger partial charge in [-0.1, -0.05) is 44.2 Å². The summed E-state index contributed by atoms with van der Waals surface area (Å²) in [4.78, 5) is 11.5. The Morgan fingerprint density at radius 1 is 1.13 bits per heavy atom. The lowest BCUT2D eigenvalue weighted by Gasteiger charge is -2.22. The van der Waals surface area contributed by atoms with Gasteiger partial charge in [-0.3, -0.25) is 4.79 Å².